The lowest BCUT2D eigenvalue weighted by Gasteiger charge is -2.36. The quantitative estimate of drug-likeness (QED) is 0.613. The molecule has 1 heterocycles. The van der Waals surface area contributed by atoms with Crippen molar-refractivity contribution in [3.05, 3.63) is 57.6 Å². The molecule has 0 aromatic heterocycles. The number of hydrogen-bond donors (Lipinski definition) is 1. The van der Waals surface area contributed by atoms with Crippen LogP contribution in [0.25, 0.3) is 0 Å². The van der Waals surface area contributed by atoms with Crippen LogP contribution in [0, 0.1) is 0 Å². The molecule has 2 aromatic rings. The van der Waals surface area contributed by atoms with Gasteiger partial charge in [-0.05, 0) is 54.0 Å². The largest absolute Gasteiger partial charge is 0.493 e. The van der Waals surface area contributed by atoms with E-state index in [2.05, 4.69) is 15.1 Å². The minimum atomic E-state index is 0.665. The van der Waals surface area contributed by atoms with Gasteiger partial charge in [-0.2, -0.15) is 0 Å². The van der Waals surface area contributed by atoms with Crippen molar-refractivity contribution in [2.45, 2.75) is 13.0 Å². The molecule has 0 bridgehead atoms. The predicted octanol–water partition coefficient (Wildman–Crippen LogP) is 4.25. The van der Waals surface area contributed by atoms with Gasteiger partial charge in [-0.3, -0.25) is 4.90 Å². The smallest absolute Gasteiger partial charge is 0.169 e. The average Bonchev–Trinajstić information content (AvgIpc) is 2.76. The molecular weight excluding hydrogens is 441 g/mol. The van der Waals surface area contributed by atoms with Crippen LogP contribution in [0.5, 0.6) is 11.5 Å². The molecular formula is C22H27Cl2N3O2S. The summed E-state index contributed by atoms with van der Waals surface area (Å²) in [6, 6.07) is 11.7. The van der Waals surface area contributed by atoms with Crippen molar-refractivity contribution in [1.82, 2.24) is 15.1 Å². The van der Waals surface area contributed by atoms with Gasteiger partial charge in [0, 0.05) is 49.3 Å². The third-order valence-electron chi connectivity index (χ3n) is 5.21. The Bertz CT molecular complexity index is 873. The summed E-state index contributed by atoms with van der Waals surface area (Å²) in [4.78, 5) is 4.61. The first-order valence-corrected chi connectivity index (χ1v) is 11.1. The van der Waals surface area contributed by atoms with E-state index in [1.54, 1.807) is 20.3 Å². The van der Waals surface area contributed by atoms with E-state index in [9.17, 15) is 0 Å². The normalized spacial score (nSPS) is 14.5. The number of benzene rings is 2. The lowest BCUT2D eigenvalue weighted by molar-refractivity contribution is 0.174. The van der Waals surface area contributed by atoms with Gasteiger partial charge in [0.25, 0.3) is 0 Å². The summed E-state index contributed by atoms with van der Waals surface area (Å²) < 4.78 is 10.7. The van der Waals surface area contributed by atoms with Gasteiger partial charge in [-0.1, -0.05) is 35.3 Å². The van der Waals surface area contributed by atoms with Crippen LogP contribution in [0.1, 0.15) is 11.1 Å². The minimum Gasteiger partial charge on any atom is -0.493 e. The Labute approximate surface area is 193 Å². The van der Waals surface area contributed by atoms with Gasteiger partial charge < -0.3 is 19.7 Å². The Kier molecular flexibility index (Phi) is 8.45. The standard InChI is InChI=1S/C22H27Cl2N3O2S/c1-28-20-6-3-16(13-21(20)29-2)7-8-25-22(30)27-11-9-26(10-12-27)15-17-4-5-18(23)14-19(17)24/h3-6,13-14H,7-12,15H2,1-2H3,(H,25,30). The van der Waals surface area contributed by atoms with E-state index in [4.69, 9.17) is 44.9 Å². The Balaban J connectivity index is 1.42. The number of nitrogens with zero attached hydrogens (tertiary/aromatic N) is 2. The van der Waals surface area contributed by atoms with E-state index in [1.807, 2.05) is 30.3 Å². The van der Waals surface area contributed by atoms with E-state index < -0.39 is 0 Å². The van der Waals surface area contributed by atoms with Gasteiger partial charge in [0.15, 0.2) is 16.6 Å². The van der Waals surface area contributed by atoms with Crippen LogP contribution < -0.4 is 14.8 Å². The average molecular weight is 468 g/mol. The van der Waals surface area contributed by atoms with Gasteiger partial charge in [0.2, 0.25) is 0 Å². The molecule has 0 spiro atoms. The molecule has 0 aliphatic carbocycles. The molecule has 1 aliphatic rings. The molecule has 30 heavy (non-hydrogen) atoms. The first-order chi connectivity index (χ1) is 14.5. The molecule has 5 nitrogen and oxygen atoms in total. The van der Waals surface area contributed by atoms with E-state index >= 15 is 0 Å². The van der Waals surface area contributed by atoms with Crippen LogP contribution in [0.4, 0.5) is 0 Å². The van der Waals surface area contributed by atoms with Gasteiger partial charge in [0.05, 0.1) is 14.2 Å². The number of methoxy groups -OCH3 is 2. The van der Waals surface area contributed by atoms with Gasteiger partial charge in [0.1, 0.15) is 0 Å². The molecule has 1 fully saturated rings. The van der Waals surface area contributed by atoms with Crippen molar-refractivity contribution in [2.24, 2.45) is 0 Å². The van der Waals surface area contributed by atoms with E-state index in [0.717, 1.165) is 72.9 Å². The fraction of sp³-hybridized carbons (Fsp3) is 0.409. The van der Waals surface area contributed by atoms with Crippen LogP contribution in [0.2, 0.25) is 10.0 Å². The highest BCUT2D eigenvalue weighted by Gasteiger charge is 2.19. The van der Waals surface area contributed by atoms with Crippen LogP contribution in [-0.4, -0.2) is 61.9 Å². The maximum Gasteiger partial charge on any atom is 0.169 e. The van der Waals surface area contributed by atoms with Crippen molar-refractivity contribution >= 4 is 40.5 Å². The molecule has 0 atom stereocenters. The highest BCUT2D eigenvalue weighted by molar-refractivity contribution is 7.80. The summed E-state index contributed by atoms with van der Waals surface area (Å²) in [7, 11) is 3.29. The Morgan fingerprint density at radius 2 is 1.73 bits per heavy atom. The first-order valence-electron chi connectivity index (χ1n) is 9.90. The van der Waals surface area contributed by atoms with Crippen LogP contribution in [-0.2, 0) is 13.0 Å². The second-order valence-electron chi connectivity index (χ2n) is 7.17. The van der Waals surface area contributed by atoms with Gasteiger partial charge in [-0.25, -0.2) is 0 Å². The Morgan fingerprint density at radius 3 is 2.40 bits per heavy atom. The van der Waals surface area contributed by atoms with Crippen molar-refractivity contribution < 1.29 is 9.47 Å². The van der Waals surface area contributed by atoms with Gasteiger partial charge in [-0.15, -0.1) is 0 Å². The highest BCUT2D eigenvalue weighted by Crippen LogP contribution is 2.27. The molecule has 162 valence electrons. The molecule has 0 saturated carbocycles. The molecule has 3 rings (SSSR count). The molecule has 2 aromatic carbocycles. The summed E-state index contributed by atoms with van der Waals surface area (Å²) in [5, 5.41) is 5.57. The lowest BCUT2D eigenvalue weighted by Crippen LogP contribution is -2.51. The second kappa shape index (κ2) is 11.0. The first kappa shape index (κ1) is 22.9. The monoisotopic (exact) mass is 467 g/mol. The molecule has 0 radical (unpaired) electrons. The number of thiocarbonyl (C=S) groups is 1. The zero-order valence-electron chi connectivity index (χ0n) is 17.3. The van der Waals surface area contributed by atoms with Crippen molar-refractivity contribution in [3.8, 4) is 11.5 Å². The van der Waals surface area contributed by atoms with Crippen LogP contribution in [0.3, 0.4) is 0 Å². The maximum atomic E-state index is 6.30. The second-order valence-corrected chi connectivity index (χ2v) is 8.40. The zero-order chi connectivity index (χ0) is 21.5. The molecule has 0 amide bonds. The minimum absolute atomic E-state index is 0.665. The molecule has 1 N–H and O–H groups in total. The third-order valence-corrected chi connectivity index (χ3v) is 6.20. The number of rotatable bonds is 7. The summed E-state index contributed by atoms with van der Waals surface area (Å²) in [5.74, 6) is 1.48. The summed E-state index contributed by atoms with van der Waals surface area (Å²) in [6.07, 6.45) is 0.857. The van der Waals surface area contributed by atoms with Crippen LogP contribution >= 0.6 is 35.4 Å². The molecule has 8 heteroatoms. The molecule has 1 saturated heterocycles. The number of ether oxygens (including phenoxy) is 2. The maximum absolute atomic E-state index is 6.30. The lowest BCUT2D eigenvalue weighted by atomic mass is 10.1. The SMILES string of the molecule is COc1ccc(CCNC(=S)N2CCN(Cc3ccc(Cl)cc3Cl)CC2)cc1OC. The number of nitrogens with one attached hydrogen (secondary N) is 1. The zero-order valence-corrected chi connectivity index (χ0v) is 19.6. The fourth-order valence-electron chi connectivity index (χ4n) is 3.46. The third kappa shape index (κ3) is 6.14. The van der Waals surface area contributed by atoms with E-state index in [-0.39, 0.29) is 0 Å². The van der Waals surface area contributed by atoms with Crippen molar-refractivity contribution in [1.29, 1.82) is 0 Å². The van der Waals surface area contributed by atoms with E-state index in [1.165, 1.54) is 5.56 Å². The van der Waals surface area contributed by atoms with Gasteiger partial charge >= 0.3 is 0 Å². The Hall–Kier alpha value is -1.73. The predicted molar refractivity (Wildman–Crippen MR) is 127 cm³/mol. The Morgan fingerprint density at radius 1 is 1.00 bits per heavy atom. The molecule has 1 aliphatic heterocycles. The summed E-state index contributed by atoms with van der Waals surface area (Å²) in [6.45, 7) is 5.27. The van der Waals surface area contributed by atoms with Crippen LogP contribution in [0.15, 0.2) is 36.4 Å². The topological polar surface area (TPSA) is 37.0 Å². The number of piperazine rings is 1. The van der Waals surface area contributed by atoms with Crippen molar-refractivity contribution in [2.75, 3.05) is 46.9 Å². The highest BCUT2D eigenvalue weighted by atomic mass is 35.5. The van der Waals surface area contributed by atoms with Crippen molar-refractivity contribution in [3.63, 3.8) is 0 Å². The number of halogens is 2. The molecule has 0 unspecified atom stereocenters. The summed E-state index contributed by atoms with van der Waals surface area (Å²) in [5.41, 5.74) is 2.28. The summed E-state index contributed by atoms with van der Waals surface area (Å²) >= 11 is 17.9. The fourth-order valence-corrected chi connectivity index (χ4v) is 4.21. The number of hydrogen-bond acceptors (Lipinski definition) is 4. The van der Waals surface area contributed by atoms with E-state index in [0.29, 0.717) is 5.02 Å².